The number of esters is 1. The molecule has 0 aliphatic carbocycles. The largest absolute Gasteiger partial charge is 0.478 e. The van der Waals surface area contributed by atoms with Gasteiger partial charge in [0, 0.05) is 10.2 Å². The maximum Gasteiger partial charge on any atom is 0.338 e. The fourth-order valence-corrected chi connectivity index (χ4v) is 4.14. The lowest BCUT2D eigenvalue weighted by molar-refractivity contribution is -0.141. The number of ether oxygens (including phenoxy) is 1. The summed E-state index contributed by atoms with van der Waals surface area (Å²) in [6.45, 7) is 1.99. The van der Waals surface area contributed by atoms with Gasteiger partial charge in [0.05, 0.1) is 23.7 Å². The van der Waals surface area contributed by atoms with Gasteiger partial charge in [-0.2, -0.15) is 0 Å². The maximum atomic E-state index is 13.3. The van der Waals surface area contributed by atoms with Gasteiger partial charge in [0.25, 0.3) is 0 Å². The van der Waals surface area contributed by atoms with Crippen molar-refractivity contribution in [2.75, 3.05) is 0 Å². The van der Waals surface area contributed by atoms with Crippen LogP contribution in [0.4, 0.5) is 4.79 Å². The highest BCUT2D eigenvalue weighted by molar-refractivity contribution is 9.10. The van der Waals surface area contributed by atoms with E-state index in [2.05, 4.69) is 21.2 Å². The Morgan fingerprint density at radius 2 is 1.63 bits per heavy atom. The average Bonchev–Trinajstić information content (AvgIpc) is 2.86. The molecule has 0 fully saturated rings. The van der Waals surface area contributed by atoms with E-state index in [0.29, 0.717) is 11.3 Å². The molecule has 3 aromatic carbocycles. The third kappa shape index (κ3) is 5.60. The van der Waals surface area contributed by atoms with Crippen molar-refractivity contribution in [3.63, 3.8) is 0 Å². The van der Waals surface area contributed by atoms with Crippen molar-refractivity contribution in [3.8, 4) is 0 Å². The molecule has 1 heterocycles. The molecule has 35 heavy (non-hydrogen) atoms. The Balaban J connectivity index is 1.66. The second kappa shape index (κ2) is 10.6. The van der Waals surface area contributed by atoms with Crippen LogP contribution in [0.25, 0.3) is 0 Å². The number of benzene rings is 3. The molecule has 8 heteroatoms. The third-order valence-electron chi connectivity index (χ3n) is 5.77. The molecule has 1 atom stereocenters. The minimum absolute atomic E-state index is 0.105. The van der Waals surface area contributed by atoms with E-state index in [1.165, 1.54) is 17.0 Å². The normalized spacial score (nSPS) is 15.5. The van der Waals surface area contributed by atoms with Crippen molar-refractivity contribution in [1.29, 1.82) is 0 Å². The summed E-state index contributed by atoms with van der Waals surface area (Å²) >= 11 is 3.41. The van der Waals surface area contributed by atoms with Gasteiger partial charge in [-0.1, -0.05) is 70.5 Å². The highest BCUT2D eigenvalue weighted by Crippen LogP contribution is 2.33. The van der Waals surface area contributed by atoms with E-state index >= 15 is 0 Å². The van der Waals surface area contributed by atoms with Crippen LogP contribution in [-0.4, -0.2) is 28.0 Å². The molecule has 1 aliphatic rings. The van der Waals surface area contributed by atoms with Gasteiger partial charge in [0.15, 0.2) is 0 Å². The van der Waals surface area contributed by atoms with E-state index in [-0.39, 0.29) is 24.7 Å². The molecule has 0 saturated carbocycles. The summed E-state index contributed by atoms with van der Waals surface area (Å²) in [4.78, 5) is 39.0. The first kappa shape index (κ1) is 24.2. The Bertz CT molecular complexity index is 1270. The number of carbonyl (C=O) groups is 3. The standard InChI is InChI=1S/C27H23BrN2O5/c1-17-23(26(33)35-16-19-5-3-2-4-6-19)24(20-11-13-22(28)14-12-20)29-27(34)30(17)15-18-7-9-21(10-8-18)25(31)32/h2-14,24H,15-16H2,1H3,(H,29,34)(H,31,32). The zero-order chi connectivity index (χ0) is 24.9. The molecule has 178 valence electrons. The summed E-state index contributed by atoms with van der Waals surface area (Å²) in [5.41, 5.74) is 3.30. The van der Waals surface area contributed by atoms with Crippen molar-refractivity contribution in [2.45, 2.75) is 26.1 Å². The summed E-state index contributed by atoms with van der Waals surface area (Å²) in [5.74, 6) is -1.55. The van der Waals surface area contributed by atoms with Crippen LogP contribution in [-0.2, 0) is 22.7 Å². The maximum absolute atomic E-state index is 13.3. The van der Waals surface area contributed by atoms with Gasteiger partial charge in [-0.3, -0.25) is 4.90 Å². The Morgan fingerprint density at radius 3 is 2.26 bits per heavy atom. The van der Waals surface area contributed by atoms with E-state index in [0.717, 1.165) is 21.2 Å². The molecule has 1 aliphatic heterocycles. The van der Waals surface area contributed by atoms with Crippen molar-refractivity contribution in [2.24, 2.45) is 0 Å². The van der Waals surface area contributed by atoms with Crippen LogP contribution in [0.2, 0.25) is 0 Å². The second-order valence-corrected chi connectivity index (χ2v) is 9.00. The molecule has 0 radical (unpaired) electrons. The monoisotopic (exact) mass is 534 g/mol. The summed E-state index contributed by atoms with van der Waals surface area (Å²) in [6.07, 6.45) is 0. The molecule has 7 nitrogen and oxygen atoms in total. The number of rotatable bonds is 7. The fourth-order valence-electron chi connectivity index (χ4n) is 3.88. The van der Waals surface area contributed by atoms with Crippen LogP contribution in [0.5, 0.6) is 0 Å². The lowest BCUT2D eigenvalue weighted by atomic mass is 9.94. The molecule has 4 rings (SSSR count). The molecule has 0 spiro atoms. The zero-order valence-electron chi connectivity index (χ0n) is 18.9. The van der Waals surface area contributed by atoms with Crippen molar-refractivity contribution >= 4 is 33.9 Å². The van der Waals surface area contributed by atoms with Crippen LogP contribution in [0, 0.1) is 0 Å². The Kier molecular flexibility index (Phi) is 7.31. The minimum Gasteiger partial charge on any atom is -0.478 e. The number of urea groups is 1. The van der Waals surface area contributed by atoms with Gasteiger partial charge in [-0.25, -0.2) is 14.4 Å². The molecular weight excluding hydrogens is 512 g/mol. The number of halogens is 1. The van der Waals surface area contributed by atoms with Crippen LogP contribution < -0.4 is 5.32 Å². The van der Waals surface area contributed by atoms with Gasteiger partial charge in [-0.05, 0) is 47.9 Å². The molecule has 0 saturated heterocycles. The van der Waals surface area contributed by atoms with E-state index in [1.807, 2.05) is 54.6 Å². The summed E-state index contributed by atoms with van der Waals surface area (Å²) in [5, 5.41) is 12.1. The van der Waals surface area contributed by atoms with Gasteiger partial charge in [0.1, 0.15) is 6.61 Å². The molecule has 0 aromatic heterocycles. The van der Waals surface area contributed by atoms with Crippen molar-refractivity contribution < 1.29 is 24.2 Å². The van der Waals surface area contributed by atoms with Crippen LogP contribution in [0.3, 0.4) is 0 Å². The molecule has 3 aromatic rings. The number of carboxylic acid groups (broad SMARTS) is 1. The van der Waals surface area contributed by atoms with E-state index in [9.17, 15) is 14.4 Å². The Hall–Kier alpha value is -3.91. The van der Waals surface area contributed by atoms with Crippen molar-refractivity contribution in [1.82, 2.24) is 10.2 Å². The number of hydrogen-bond acceptors (Lipinski definition) is 4. The average molecular weight is 535 g/mol. The molecule has 1 unspecified atom stereocenters. The van der Waals surface area contributed by atoms with Gasteiger partial charge >= 0.3 is 18.0 Å². The predicted octanol–water partition coefficient (Wildman–Crippen LogP) is 5.43. The number of amides is 2. The summed E-state index contributed by atoms with van der Waals surface area (Å²) < 4.78 is 6.52. The number of carboxylic acids is 1. The molecule has 0 bridgehead atoms. The second-order valence-electron chi connectivity index (χ2n) is 8.08. The van der Waals surface area contributed by atoms with Crippen LogP contribution >= 0.6 is 15.9 Å². The number of nitrogens with one attached hydrogen (secondary N) is 1. The predicted molar refractivity (Wildman–Crippen MR) is 133 cm³/mol. The topological polar surface area (TPSA) is 95.9 Å². The number of hydrogen-bond donors (Lipinski definition) is 2. The van der Waals surface area contributed by atoms with E-state index in [4.69, 9.17) is 9.84 Å². The smallest absolute Gasteiger partial charge is 0.338 e. The van der Waals surface area contributed by atoms with Crippen LogP contribution in [0.1, 0.15) is 40.0 Å². The SMILES string of the molecule is CC1=C(C(=O)OCc2ccccc2)C(c2ccc(Br)cc2)NC(=O)N1Cc1ccc(C(=O)O)cc1. The summed E-state index contributed by atoms with van der Waals surface area (Å²) in [7, 11) is 0. The lowest BCUT2D eigenvalue weighted by Crippen LogP contribution is -2.47. The van der Waals surface area contributed by atoms with Gasteiger partial charge in [0.2, 0.25) is 0 Å². The fraction of sp³-hybridized carbons (Fsp3) is 0.148. The highest BCUT2D eigenvalue weighted by atomic mass is 79.9. The quantitative estimate of drug-likeness (QED) is 0.394. The number of allylic oxidation sites excluding steroid dienone is 1. The van der Waals surface area contributed by atoms with E-state index < -0.39 is 18.0 Å². The van der Waals surface area contributed by atoms with Gasteiger partial charge < -0.3 is 15.2 Å². The first-order valence-corrected chi connectivity index (χ1v) is 11.7. The Labute approximate surface area is 211 Å². The molecule has 2 N–H and O–H groups in total. The van der Waals surface area contributed by atoms with Gasteiger partial charge in [-0.15, -0.1) is 0 Å². The number of carbonyl (C=O) groups excluding carboxylic acids is 2. The molecule has 2 amide bonds. The highest BCUT2D eigenvalue weighted by Gasteiger charge is 2.36. The number of aromatic carboxylic acids is 1. The third-order valence-corrected chi connectivity index (χ3v) is 6.30. The summed E-state index contributed by atoms with van der Waals surface area (Å²) in [6, 6.07) is 22.0. The first-order valence-electron chi connectivity index (χ1n) is 10.9. The molecular formula is C27H23BrN2O5. The van der Waals surface area contributed by atoms with E-state index in [1.54, 1.807) is 19.1 Å². The van der Waals surface area contributed by atoms with Crippen LogP contribution in [0.15, 0.2) is 94.6 Å². The number of nitrogens with zero attached hydrogens (tertiary/aromatic N) is 1. The minimum atomic E-state index is -1.02. The zero-order valence-corrected chi connectivity index (χ0v) is 20.5. The van der Waals surface area contributed by atoms with Crippen molar-refractivity contribution in [3.05, 3.63) is 117 Å². The first-order chi connectivity index (χ1) is 16.8. The Morgan fingerprint density at radius 1 is 0.971 bits per heavy atom. The lowest BCUT2D eigenvalue weighted by Gasteiger charge is -2.35.